The normalized spacial score (nSPS) is 15.6. The molecular formula is C33H35N5O3. The van der Waals surface area contributed by atoms with E-state index in [1.54, 1.807) is 17.8 Å². The number of aromatic amines is 2. The van der Waals surface area contributed by atoms with Gasteiger partial charge in [-0.2, -0.15) is 0 Å². The lowest BCUT2D eigenvalue weighted by Crippen LogP contribution is -2.30. The van der Waals surface area contributed by atoms with Crippen LogP contribution in [-0.4, -0.2) is 25.0 Å². The fourth-order valence-electron chi connectivity index (χ4n) is 7.17. The van der Waals surface area contributed by atoms with E-state index in [-0.39, 0.29) is 23.6 Å². The molecule has 1 aromatic carbocycles. The number of nitrogens with zero attached hydrogens (tertiary/aromatic N) is 2. The summed E-state index contributed by atoms with van der Waals surface area (Å²) in [5.41, 5.74) is 7.64. The molecule has 4 heterocycles. The fourth-order valence-corrected chi connectivity index (χ4v) is 7.17. The van der Waals surface area contributed by atoms with Crippen molar-refractivity contribution in [3.05, 3.63) is 91.5 Å². The quantitative estimate of drug-likeness (QED) is 0.273. The molecule has 41 heavy (non-hydrogen) atoms. The predicted octanol–water partition coefficient (Wildman–Crippen LogP) is 5.41. The minimum atomic E-state index is -0.208. The number of carbonyl (C=O) groups is 1. The SMILES string of the molecule is Cc1[nH]c(=O)c(CNC(=O)c2cc(-c3cn(C)c(=O)c4[nH]ccc34)cc3c2ccn3C2CCCC2)c2c1CCCC2. The van der Waals surface area contributed by atoms with E-state index in [4.69, 9.17) is 0 Å². The first kappa shape index (κ1) is 25.6. The molecule has 8 heteroatoms. The number of nitrogens with one attached hydrogen (secondary N) is 3. The van der Waals surface area contributed by atoms with Crippen LogP contribution in [-0.2, 0) is 26.4 Å². The summed E-state index contributed by atoms with van der Waals surface area (Å²) < 4.78 is 3.90. The van der Waals surface area contributed by atoms with Gasteiger partial charge < -0.3 is 24.4 Å². The van der Waals surface area contributed by atoms with Crippen molar-refractivity contribution in [1.82, 2.24) is 24.4 Å². The van der Waals surface area contributed by atoms with Crippen molar-refractivity contribution < 1.29 is 4.79 Å². The zero-order valence-electron chi connectivity index (χ0n) is 23.6. The van der Waals surface area contributed by atoms with Crippen molar-refractivity contribution in [2.45, 2.75) is 70.9 Å². The average Bonchev–Trinajstić information content (AvgIpc) is 3.75. The van der Waals surface area contributed by atoms with E-state index in [1.165, 1.54) is 18.4 Å². The van der Waals surface area contributed by atoms with Gasteiger partial charge >= 0.3 is 0 Å². The second kappa shape index (κ2) is 9.94. The summed E-state index contributed by atoms with van der Waals surface area (Å²) in [5, 5.41) is 4.82. The number of hydrogen-bond donors (Lipinski definition) is 3. The third kappa shape index (κ3) is 4.24. The summed E-state index contributed by atoms with van der Waals surface area (Å²) in [4.78, 5) is 45.8. The molecule has 210 valence electrons. The summed E-state index contributed by atoms with van der Waals surface area (Å²) in [6.07, 6.45) is 14.4. The lowest BCUT2D eigenvalue weighted by Gasteiger charge is -2.21. The van der Waals surface area contributed by atoms with Gasteiger partial charge in [0.15, 0.2) is 0 Å². The van der Waals surface area contributed by atoms with E-state index < -0.39 is 0 Å². The van der Waals surface area contributed by atoms with Gasteiger partial charge in [0.05, 0.1) is 0 Å². The Kier molecular flexibility index (Phi) is 6.21. The largest absolute Gasteiger partial charge is 0.357 e. The van der Waals surface area contributed by atoms with Crippen molar-refractivity contribution in [1.29, 1.82) is 0 Å². The van der Waals surface area contributed by atoms with Crippen LogP contribution in [0, 0.1) is 6.92 Å². The van der Waals surface area contributed by atoms with Crippen LogP contribution in [0.1, 0.15) is 77.3 Å². The zero-order chi connectivity index (χ0) is 28.2. The number of carbonyl (C=O) groups excluding carboxylic acids is 1. The van der Waals surface area contributed by atoms with E-state index in [2.05, 4.69) is 32.1 Å². The number of H-pyrrole nitrogens is 2. The molecule has 0 radical (unpaired) electrons. The van der Waals surface area contributed by atoms with Gasteiger partial charge in [-0.15, -0.1) is 0 Å². The summed E-state index contributed by atoms with van der Waals surface area (Å²) >= 11 is 0. The molecule has 0 saturated heterocycles. The molecule has 0 atom stereocenters. The summed E-state index contributed by atoms with van der Waals surface area (Å²) in [6.45, 7) is 2.15. The minimum absolute atomic E-state index is 0.0891. The Labute approximate surface area is 237 Å². The van der Waals surface area contributed by atoms with Gasteiger partial charge in [-0.05, 0) is 86.4 Å². The highest BCUT2D eigenvalue weighted by molar-refractivity contribution is 6.09. The van der Waals surface area contributed by atoms with Crippen LogP contribution in [0.5, 0.6) is 0 Å². The molecule has 8 nitrogen and oxygen atoms in total. The van der Waals surface area contributed by atoms with Gasteiger partial charge in [0.1, 0.15) is 5.52 Å². The average molecular weight is 550 g/mol. The number of hydrogen-bond acceptors (Lipinski definition) is 3. The summed E-state index contributed by atoms with van der Waals surface area (Å²) in [7, 11) is 1.75. The molecule has 1 fully saturated rings. The number of benzene rings is 1. The molecule has 0 unspecified atom stereocenters. The standard InChI is InChI=1S/C33H35N5O3/c1-19-22-9-5-6-10-23(22)27(32(40)36-19)17-35-31(39)26-15-20(28-18-37(2)33(41)30-25(28)11-13-34-30)16-29-24(26)12-14-38(29)21-7-3-4-8-21/h11-16,18,21,34H,3-10,17H2,1-2H3,(H,35,39)(H,36,40). The van der Waals surface area contributed by atoms with Crippen molar-refractivity contribution in [3.8, 4) is 11.1 Å². The molecule has 1 amide bonds. The lowest BCUT2D eigenvalue weighted by atomic mass is 9.88. The topological polar surface area (TPSA) is 105 Å². The first-order valence-corrected chi connectivity index (χ1v) is 14.7. The molecule has 2 aliphatic carbocycles. The zero-order valence-corrected chi connectivity index (χ0v) is 23.6. The molecule has 0 aliphatic heterocycles. The van der Waals surface area contributed by atoms with Crippen LogP contribution >= 0.6 is 0 Å². The predicted molar refractivity (Wildman–Crippen MR) is 162 cm³/mol. The first-order chi connectivity index (χ1) is 19.9. The number of fused-ring (bicyclic) bond motifs is 3. The number of aryl methyl sites for hydroxylation is 2. The van der Waals surface area contributed by atoms with Crippen LogP contribution in [0.25, 0.3) is 32.9 Å². The van der Waals surface area contributed by atoms with E-state index in [0.717, 1.165) is 77.2 Å². The second-order valence-electron chi connectivity index (χ2n) is 11.7. The van der Waals surface area contributed by atoms with Gasteiger partial charge in [0, 0.05) is 76.9 Å². The van der Waals surface area contributed by atoms with Crippen molar-refractivity contribution in [2.75, 3.05) is 0 Å². The Morgan fingerprint density at radius 1 is 1.02 bits per heavy atom. The number of amides is 1. The number of pyridine rings is 2. The highest BCUT2D eigenvalue weighted by Crippen LogP contribution is 2.37. The fraction of sp³-hybridized carbons (Fsp3) is 0.364. The van der Waals surface area contributed by atoms with Crippen LogP contribution in [0.4, 0.5) is 0 Å². The number of aromatic nitrogens is 4. The third-order valence-corrected chi connectivity index (χ3v) is 9.29. The molecule has 2 aliphatic rings. The summed E-state index contributed by atoms with van der Waals surface area (Å²) in [5.74, 6) is -0.208. The van der Waals surface area contributed by atoms with Gasteiger partial charge in [-0.3, -0.25) is 14.4 Å². The molecule has 7 rings (SSSR count). The Morgan fingerprint density at radius 3 is 2.61 bits per heavy atom. The Bertz CT molecular complexity index is 1950. The Hall–Kier alpha value is -4.33. The van der Waals surface area contributed by atoms with E-state index in [9.17, 15) is 14.4 Å². The maximum absolute atomic E-state index is 13.9. The maximum Gasteiger partial charge on any atom is 0.274 e. The lowest BCUT2D eigenvalue weighted by molar-refractivity contribution is 0.0952. The van der Waals surface area contributed by atoms with E-state index >= 15 is 0 Å². The Balaban J connectivity index is 1.34. The maximum atomic E-state index is 13.9. The van der Waals surface area contributed by atoms with Gasteiger partial charge in [-0.1, -0.05) is 12.8 Å². The first-order valence-electron chi connectivity index (χ1n) is 14.7. The van der Waals surface area contributed by atoms with Crippen LogP contribution in [0.2, 0.25) is 0 Å². The molecule has 3 N–H and O–H groups in total. The Morgan fingerprint density at radius 2 is 1.80 bits per heavy atom. The molecule has 1 saturated carbocycles. The van der Waals surface area contributed by atoms with E-state index in [0.29, 0.717) is 22.7 Å². The van der Waals surface area contributed by atoms with Crippen LogP contribution in [0.15, 0.2) is 52.4 Å². The smallest absolute Gasteiger partial charge is 0.274 e. The summed E-state index contributed by atoms with van der Waals surface area (Å²) in [6, 6.07) is 8.44. The van der Waals surface area contributed by atoms with Crippen LogP contribution in [0.3, 0.4) is 0 Å². The third-order valence-electron chi connectivity index (χ3n) is 9.29. The highest BCUT2D eigenvalue weighted by atomic mass is 16.2. The molecule has 0 bridgehead atoms. The van der Waals surface area contributed by atoms with Gasteiger partial charge in [-0.25, -0.2) is 0 Å². The minimum Gasteiger partial charge on any atom is -0.357 e. The molecule has 0 spiro atoms. The highest BCUT2D eigenvalue weighted by Gasteiger charge is 2.24. The van der Waals surface area contributed by atoms with E-state index in [1.807, 2.05) is 31.3 Å². The monoisotopic (exact) mass is 549 g/mol. The number of rotatable bonds is 5. The molecule has 4 aromatic heterocycles. The van der Waals surface area contributed by atoms with Crippen molar-refractivity contribution >= 4 is 27.7 Å². The van der Waals surface area contributed by atoms with Crippen molar-refractivity contribution in [2.24, 2.45) is 7.05 Å². The van der Waals surface area contributed by atoms with Gasteiger partial charge in [0.2, 0.25) is 0 Å². The molecular weight excluding hydrogens is 514 g/mol. The van der Waals surface area contributed by atoms with Crippen LogP contribution < -0.4 is 16.4 Å². The second-order valence-corrected chi connectivity index (χ2v) is 11.7. The molecule has 5 aromatic rings. The van der Waals surface area contributed by atoms with Crippen molar-refractivity contribution in [3.63, 3.8) is 0 Å². The van der Waals surface area contributed by atoms with Gasteiger partial charge in [0.25, 0.3) is 17.0 Å².